The largest absolute Gasteiger partial charge is 0.375 e. The minimum atomic E-state index is -0.350. The molecule has 0 fully saturated rings. The third kappa shape index (κ3) is 3.20. The summed E-state index contributed by atoms with van der Waals surface area (Å²) in [6.07, 6.45) is 2.79. The molecule has 1 amide bonds. The monoisotopic (exact) mass is 360 g/mol. The van der Waals surface area contributed by atoms with Gasteiger partial charge >= 0.3 is 0 Å². The van der Waals surface area contributed by atoms with Crippen molar-refractivity contribution >= 4 is 39.9 Å². The third-order valence-electron chi connectivity index (χ3n) is 3.74. The number of nitrogens with one attached hydrogen (secondary N) is 1. The Kier molecular flexibility index (Phi) is 4.45. The molecule has 1 N–H and O–H groups in total. The lowest BCUT2D eigenvalue weighted by Crippen LogP contribution is -2.28. The van der Waals surface area contributed by atoms with E-state index in [4.69, 9.17) is 11.6 Å². The van der Waals surface area contributed by atoms with Gasteiger partial charge in [0.1, 0.15) is 18.3 Å². The molecular weight excluding hydrogens is 344 g/mol. The van der Waals surface area contributed by atoms with Gasteiger partial charge in [-0.1, -0.05) is 17.7 Å². The summed E-state index contributed by atoms with van der Waals surface area (Å²) in [5, 5.41) is 7.69. The molecule has 0 aliphatic rings. The predicted molar refractivity (Wildman–Crippen MR) is 97.2 cm³/mol. The number of aromatic nitrogens is 4. The van der Waals surface area contributed by atoms with E-state index in [1.807, 2.05) is 19.0 Å². The van der Waals surface area contributed by atoms with Gasteiger partial charge in [-0.05, 0) is 12.1 Å². The van der Waals surface area contributed by atoms with Crippen molar-refractivity contribution in [1.29, 1.82) is 0 Å². The van der Waals surface area contributed by atoms with Gasteiger partial charge in [0, 0.05) is 21.1 Å². The van der Waals surface area contributed by atoms with Crippen LogP contribution >= 0.6 is 11.6 Å². The van der Waals surface area contributed by atoms with E-state index in [9.17, 15) is 9.59 Å². The number of hydrogen-bond acceptors (Lipinski definition) is 5. The highest BCUT2D eigenvalue weighted by molar-refractivity contribution is 6.34. The van der Waals surface area contributed by atoms with Crippen LogP contribution in [0.1, 0.15) is 0 Å². The van der Waals surface area contributed by atoms with Crippen molar-refractivity contribution in [2.24, 2.45) is 7.05 Å². The van der Waals surface area contributed by atoms with E-state index in [2.05, 4.69) is 15.4 Å². The summed E-state index contributed by atoms with van der Waals surface area (Å²) in [6.45, 7) is -0.157. The smallest absolute Gasteiger partial charge is 0.264 e. The number of amides is 1. The summed E-state index contributed by atoms with van der Waals surface area (Å²) in [6, 6.07) is 5.25. The maximum Gasteiger partial charge on any atom is 0.264 e. The molecule has 0 atom stereocenters. The standard InChI is InChI=1S/C16H17ClN6O2/c1-21(2)14-11(17)5-4-6-12(14)20-13(24)8-23-9-18-15-10(16(23)25)7-19-22(15)3/h4-7,9H,8H2,1-3H3,(H,20,24). The minimum Gasteiger partial charge on any atom is -0.375 e. The van der Waals surface area contributed by atoms with Gasteiger partial charge in [-0.3, -0.25) is 18.8 Å². The van der Waals surface area contributed by atoms with Gasteiger partial charge in [-0.2, -0.15) is 5.10 Å². The quantitative estimate of drug-likeness (QED) is 0.762. The second-order valence-electron chi connectivity index (χ2n) is 5.76. The van der Waals surface area contributed by atoms with Crippen LogP contribution in [0.3, 0.4) is 0 Å². The minimum absolute atomic E-state index is 0.157. The lowest BCUT2D eigenvalue weighted by atomic mass is 10.2. The first-order valence-electron chi connectivity index (χ1n) is 7.51. The van der Waals surface area contributed by atoms with E-state index in [0.29, 0.717) is 27.4 Å². The first-order chi connectivity index (χ1) is 11.9. The Labute approximate surface area is 148 Å². The molecule has 0 bridgehead atoms. The molecule has 0 unspecified atom stereocenters. The molecule has 0 aliphatic heterocycles. The van der Waals surface area contributed by atoms with E-state index in [1.54, 1.807) is 25.2 Å². The van der Waals surface area contributed by atoms with Crippen LogP contribution in [0.15, 0.2) is 35.5 Å². The fourth-order valence-electron chi connectivity index (χ4n) is 2.59. The number of carbonyl (C=O) groups is 1. The SMILES string of the molecule is CN(C)c1c(Cl)cccc1NC(=O)Cn1cnc2c(cnn2C)c1=O. The first-order valence-corrected chi connectivity index (χ1v) is 7.89. The molecule has 0 saturated heterocycles. The third-order valence-corrected chi connectivity index (χ3v) is 4.05. The van der Waals surface area contributed by atoms with Crippen LogP contribution in [0.4, 0.5) is 11.4 Å². The number of rotatable bonds is 4. The first kappa shape index (κ1) is 17.0. The molecular formula is C16H17ClN6O2. The van der Waals surface area contributed by atoms with Gasteiger partial charge in [0.25, 0.3) is 5.56 Å². The maximum atomic E-state index is 12.4. The Balaban J connectivity index is 1.86. The molecule has 130 valence electrons. The van der Waals surface area contributed by atoms with Gasteiger partial charge in [-0.25, -0.2) is 4.98 Å². The van der Waals surface area contributed by atoms with Crippen LogP contribution in [0, 0.1) is 0 Å². The summed E-state index contributed by atoms with van der Waals surface area (Å²) >= 11 is 6.19. The zero-order valence-corrected chi connectivity index (χ0v) is 14.8. The van der Waals surface area contributed by atoms with Crippen molar-refractivity contribution in [3.05, 3.63) is 46.1 Å². The fraction of sp³-hybridized carbons (Fsp3) is 0.250. The molecule has 0 saturated carbocycles. The predicted octanol–water partition coefficient (Wildman–Crippen LogP) is 1.49. The van der Waals surface area contributed by atoms with E-state index in [-0.39, 0.29) is 18.0 Å². The van der Waals surface area contributed by atoms with E-state index in [0.717, 1.165) is 0 Å². The molecule has 25 heavy (non-hydrogen) atoms. The number of fused-ring (bicyclic) bond motifs is 1. The Morgan fingerprint density at radius 3 is 2.84 bits per heavy atom. The number of halogens is 1. The van der Waals surface area contributed by atoms with Gasteiger partial charge in [0.15, 0.2) is 5.65 Å². The fourth-order valence-corrected chi connectivity index (χ4v) is 2.94. The molecule has 3 rings (SSSR count). The van der Waals surface area contributed by atoms with Crippen LogP contribution in [0.2, 0.25) is 5.02 Å². The Morgan fingerprint density at radius 1 is 1.36 bits per heavy atom. The number of carbonyl (C=O) groups excluding carboxylic acids is 1. The highest BCUT2D eigenvalue weighted by Crippen LogP contribution is 2.32. The van der Waals surface area contributed by atoms with Crippen molar-refractivity contribution in [2.45, 2.75) is 6.54 Å². The maximum absolute atomic E-state index is 12.4. The van der Waals surface area contributed by atoms with Gasteiger partial charge in [0.05, 0.1) is 22.6 Å². The number of hydrogen-bond donors (Lipinski definition) is 1. The number of aryl methyl sites for hydroxylation is 1. The second-order valence-corrected chi connectivity index (χ2v) is 6.17. The summed E-state index contributed by atoms with van der Waals surface area (Å²) < 4.78 is 2.76. The van der Waals surface area contributed by atoms with Gasteiger partial charge < -0.3 is 10.2 Å². The van der Waals surface area contributed by atoms with Crippen molar-refractivity contribution in [1.82, 2.24) is 19.3 Å². The topological polar surface area (TPSA) is 85.1 Å². The average Bonchev–Trinajstić information content (AvgIpc) is 2.92. The summed E-state index contributed by atoms with van der Waals surface area (Å²) in [5.41, 5.74) is 1.44. The van der Waals surface area contributed by atoms with Gasteiger partial charge in [0.2, 0.25) is 5.91 Å². The highest BCUT2D eigenvalue weighted by Gasteiger charge is 2.14. The lowest BCUT2D eigenvalue weighted by Gasteiger charge is -2.19. The van der Waals surface area contributed by atoms with Crippen LogP contribution in [0.5, 0.6) is 0 Å². The molecule has 0 aliphatic carbocycles. The summed E-state index contributed by atoms with van der Waals surface area (Å²) in [5.74, 6) is -0.350. The lowest BCUT2D eigenvalue weighted by molar-refractivity contribution is -0.116. The van der Waals surface area contributed by atoms with E-state index < -0.39 is 0 Å². The highest BCUT2D eigenvalue weighted by atomic mass is 35.5. The summed E-state index contributed by atoms with van der Waals surface area (Å²) in [7, 11) is 5.37. The van der Waals surface area contributed by atoms with Crippen molar-refractivity contribution in [3.63, 3.8) is 0 Å². The second kappa shape index (κ2) is 6.56. The Hall–Kier alpha value is -2.87. The molecule has 8 nitrogen and oxygen atoms in total. The van der Waals surface area contributed by atoms with E-state index >= 15 is 0 Å². The normalized spacial score (nSPS) is 10.9. The van der Waals surface area contributed by atoms with Crippen molar-refractivity contribution in [2.75, 3.05) is 24.3 Å². The molecule has 0 spiro atoms. The average molecular weight is 361 g/mol. The van der Waals surface area contributed by atoms with E-state index in [1.165, 1.54) is 21.8 Å². The molecule has 0 radical (unpaired) electrons. The summed E-state index contributed by atoms with van der Waals surface area (Å²) in [4.78, 5) is 30.8. The van der Waals surface area contributed by atoms with Crippen molar-refractivity contribution < 1.29 is 4.79 Å². The number of para-hydroxylation sites is 1. The van der Waals surface area contributed by atoms with Crippen LogP contribution in [-0.4, -0.2) is 39.3 Å². The van der Waals surface area contributed by atoms with Crippen LogP contribution in [-0.2, 0) is 18.4 Å². The van der Waals surface area contributed by atoms with Crippen LogP contribution < -0.4 is 15.8 Å². The molecule has 2 heterocycles. The number of nitrogens with zero attached hydrogens (tertiary/aromatic N) is 5. The number of anilines is 2. The van der Waals surface area contributed by atoms with Crippen molar-refractivity contribution in [3.8, 4) is 0 Å². The van der Waals surface area contributed by atoms with Crippen LogP contribution in [0.25, 0.3) is 11.0 Å². The van der Waals surface area contributed by atoms with Gasteiger partial charge in [-0.15, -0.1) is 0 Å². The molecule has 9 heteroatoms. The molecule has 3 aromatic rings. The Bertz CT molecular complexity index is 1010. The Morgan fingerprint density at radius 2 is 2.12 bits per heavy atom. The molecule has 1 aromatic carbocycles. The molecule has 2 aromatic heterocycles. The zero-order chi connectivity index (χ0) is 18.1. The number of benzene rings is 1. The zero-order valence-electron chi connectivity index (χ0n) is 14.0.